The van der Waals surface area contributed by atoms with Crippen LogP contribution in [0, 0.1) is 0 Å². The van der Waals surface area contributed by atoms with Crippen molar-refractivity contribution in [3.63, 3.8) is 0 Å². The normalized spacial score (nSPS) is 13.3. The van der Waals surface area contributed by atoms with Gasteiger partial charge in [0.1, 0.15) is 0 Å². The van der Waals surface area contributed by atoms with Crippen molar-refractivity contribution in [1.29, 1.82) is 0 Å². The van der Waals surface area contributed by atoms with Gasteiger partial charge in [0.05, 0.1) is 22.1 Å². The molecule has 0 spiro atoms. The molecule has 7 aromatic carbocycles. The summed E-state index contributed by atoms with van der Waals surface area (Å²) in [6, 6.07) is 59.4. The van der Waals surface area contributed by atoms with Crippen LogP contribution in [0.15, 0.2) is 170 Å². The molecule has 0 N–H and O–H groups in total. The van der Waals surface area contributed by atoms with E-state index in [4.69, 9.17) is 9.97 Å². The lowest BCUT2D eigenvalue weighted by molar-refractivity contribution is 0.769. The molecule has 9 aromatic rings. The summed E-state index contributed by atoms with van der Waals surface area (Å²) in [6.07, 6.45) is 1.92. The first-order chi connectivity index (χ1) is 23.3. The molecule has 0 amide bonds. The number of benzene rings is 7. The lowest BCUT2D eigenvalue weighted by atomic mass is 9.67. The van der Waals surface area contributed by atoms with Crippen molar-refractivity contribution in [3.05, 3.63) is 192 Å². The molecule has 0 radical (unpaired) electrons. The lowest BCUT2D eigenvalue weighted by Gasteiger charge is -2.34. The zero-order valence-corrected chi connectivity index (χ0v) is 25.6. The molecule has 1 aliphatic carbocycles. The van der Waals surface area contributed by atoms with Gasteiger partial charge in [-0.15, -0.1) is 0 Å². The van der Waals surface area contributed by atoms with Crippen LogP contribution in [0.25, 0.3) is 65.7 Å². The minimum Gasteiger partial charge on any atom is -0.256 e. The minimum absolute atomic E-state index is 0.600. The van der Waals surface area contributed by atoms with Crippen LogP contribution in [0.2, 0.25) is 0 Å². The molecular weight excluding hydrogens is 569 g/mol. The molecule has 2 heterocycles. The SMILES string of the molecule is c1ccc(C2(c3ccccc3)c3cc4ccc5ccccc5c4nc3-c3c2cc(-c2ccc4ccccc4c2)c2cccnc32)cc1. The van der Waals surface area contributed by atoms with E-state index in [-0.39, 0.29) is 0 Å². The first-order valence-electron chi connectivity index (χ1n) is 16.2. The van der Waals surface area contributed by atoms with Crippen molar-refractivity contribution in [2.75, 3.05) is 0 Å². The zero-order valence-electron chi connectivity index (χ0n) is 25.6. The maximum absolute atomic E-state index is 5.62. The summed E-state index contributed by atoms with van der Waals surface area (Å²) in [6.45, 7) is 0. The number of hydrogen-bond donors (Lipinski definition) is 0. The summed E-state index contributed by atoms with van der Waals surface area (Å²) in [7, 11) is 0. The quantitative estimate of drug-likeness (QED) is 0.190. The van der Waals surface area contributed by atoms with Gasteiger partial charge in [-0.05, 0) is 73.8 Å². The highest BCUT2D eigenvalue weighted by Gasteiger charge is 2.48. The summed E-state index contributed by atoms with van der Waals surface area (Å²) in [5, 5.41) is 7.08. The van der Waals surface area contributed by atoms with Crippen molar-refractivity contribution in [2.45, 2.75) is 5.41 Å². The maximum atomic E-state index is 5.62. The second-order valence-corrected chi connectivity index (χ2v) is 12.5. The highest BCUT2D eigenvalue weighted by Crippen LogP contribution is 2.58. The Bertz CT molecular complexity index is 2640. The van der Waals surface area contributed by atoms with E-state index < -0.39 is 5.41 Å². The van der Waals surface area contributed by atoms with E-state index in [0.717, 1.165) is 38.4 Å². The van der Waals surface area contributed by atoms with Crippen molar-refractivity contribution < 1.29 is 0 Å². The van der Waals surface area contributed by atoms with E-state index in [1.807, 2.05) is 6.20 Å². The second-order valence-electron chi connectivity index (χ2n) is 12.5. The molecule has 0 saturated heterocycles. The van der Waals surface area contributed by atoms with Gasteiger partial charge in [0.25, 0.3) is 0 Å². The van der Waals surface area contributed by atoms with Gasteiger partial charge in [-0.25, -0.2) is 4.98 Å². The molecule has 218 valence electrons. The van der Waals surface area contributed by atoms with Gasteiger partial charge < -0.3 is 0 Å². The molecule has 47 heavy (non-hydrogen) atoms. The Balaban J connectivity index is 1.41. The maximum Gasteiger partial charge on any atom is 0.0805 e. The first kappa shape index (κ1) is 26.1. The fourth-order valence-electron chi connectivity index (χ4n) is 8.07. The van der Waals surface area contributed by atoms with Crippen LogP contribution in [-0.4, -0.2) is 9.97 Å². The predicted octanol–water partition coefficient (Wildman–Crippen LogP) is 11.1. The number of pyridine rings is 2. The molecule has 2 heteroatoms. The van der Waals surface area contributed by atoms with Crippen LogP contribution < -0.4 is 0 Å². The second kappa shape index (κ2) is 9.94. The number of aromatic nitrogens is 2. The fourth-order valence-corrected chi connectivity index (χ4v) is 8.07. The molecule has 10 rings (SSSR count). The van der Waals surface area contributed by atoms with E-state index in [1.165, 1.54) is 49.5 Å². The third kappa shape index (κ3) is 3.67. The first-order valence-corrected chi connectivity index (χ1v) is 16.2. The number of hydrogen-bond acceptors (Lipinski definition) is 2. The van der Waals surface area contributed by atoms with Crippen molar-refractivity contribution in [1.82, 2.24) is 9.97 Å². The van der Waals surface area contributed by atoms with E-state index in [0.29, 0.717) is 0 Å². The molecule has 0 bridgehead atoms. The summed E-state index contributed by atoms with van der Waals surface area (Å²) in [4.78, 5) is 10.8. The fraction of sp³-hybridized carbons (Fsp3) is 0.0222. The average molecular weight is 597 g/mol. The standard InChI is InChI=1S/C45H28N2/c1-3-15-34(16-4-1)45(35-17-5-2-6-18-35)39-28-38(32-23-21-29-12-7-8-14-31(29)26-32)37-20-11-25-46-43(37)41(39)44-40(45)27-33-24-22-30-13-9-10-19-36(30)42(33)47-44/h1-28H. The van der Waals surface area contributed by atoms with Crippen LogP contribution in [0.3, 0.4) is 0 Å². The van der Waals surface area contributed by atoms with E-state index >= 15 is 0 Å². The monoisotopic (exact) mass is 596 g/mol. The van der Waals surface area contributed by atoms with Crippen molar-refractivity contribution in [2.24, 2.45) is 0 Å². The smallest absolute Gasteiger partial charge is 0.0805 e. The molecule has 0 aliphatic heterocycles. The summed E-state index contributed by atoms with van der Waals surface area (Å²) in [5.41, 5.74) is 10.7. The molecule has 1 aliphatic rings. The number of fused-ring (bicyclic) bond motifs is 9. The van der Waals surface area contributed by atoms with Gasteiger partial charge in [0.2, 0.25) is 0 Å². The lowest BCUT2D eigenvalue weighted by Crippen LogP contribution is -2.28. The Hall–Kier alpha value is -6.12. The molecule has 2 nitrogen and oxygen atoms in total. The van der Waals surface area contributed by atoms with Gasteiger partial charge >= 0.3 is 0 Å². The van der Waals surface area contributed by atoms with Gasteiger partial charge in [-0.2, -0.15) is 0 Å². The third-order valence-corrected chi connectivity index (χ3v) is 10.1. The Kier molecular flexibility index (Phi) is 5.53. The highest BCUT2D eigenvalue weighted by atomic mass is 14.8. The predicted molar refractivity (Wildman–Crippen MR) is 195 cm³/mol. The van der Waals surface area contributed by atoms with Gasteiger partial charge in [0.15, 0.2) is 0 Å². The Morgan fingerprint density at radius 1 is 0.426 bits per heavy atom. The van der Waals surface area contributed by atoms with Crippen LogP contribution in [0.4, 0.5) is 0 Å². The van der Waals surface area contributed by atoms with Crippen LogP contribution in [0.1, 0.15) is 22.3 Å². The van der Waals surface area contributed by atoms with Crippen LogP contribution in [-0.2, 0) is 5.41 Å². The summed E-state index contributed by atoms with van der Waals surface area (Å²) in [5.74, 6) is 0. The molecule has 0 unspecified atom stereocenters. The number of rotatable bonds is 3. The Labute approximate surface area is 272 Å². The van der Waals surface area contributed by atoms with E-state index in [9.17, 15) is 0 Å². The highest BCUT2D eigenvalue weighted by molar-refractivity contribution is 6.11. The van der Waals surface area contributed by atoms with Crippen LogP contribution >= 0.6 is 0 Å². The van der Waals surface area contributed by atoms with Gasteiger partial charge in [-0.3, -0.25) is 4.98 Å². The third-order valence-electron chi connectivity index (χ3n) is 10.1. The van der Waals surface area contributed by atoms with Crippen molar-refractivity contribution in [3.8, 4) is 22.4 Å². The van der Waals surface area contributed by atoms with E-state index in [2.05, 4.69) is 164 Å². The molecule has 2 aromatic heterocycles. The molecule has 0 fully saturated rings. The minimum atomic E-state index is -0.600. The molecule has 0 atom stereocenters. The average Bonchev–Trinajstić information content (AvgIpc) is 3.44. The summed E-state index contributed by atoms with van der Waals surface area (Å²) >= 11 is 0. The van der Waals surface area contributed by atoms with Gasteiger partial charge in [0, 0.05) is 27.9 Å². The van der Waals surface area contributed by atoms with E-state index in [1.54, 1.807) is 0 Å². The van der Waals surface area contributed by atoms with Crippen molar-refractivity contribution >= 4 is 43.4 Å². The van der Waals surface area contributed by atoms with Gasteiger partial charge in [-0.1, -0.05) is 140 Å². The summed E-state index contributed by atoms with van der Waals surface area (Å²) < 4.78 is 0. The van der Waals surface area contributed by atoms with Crippen LogP contribution in [0.5, 0.6) is 0 Å². The largest absolute Gasteiger partial charge is 0.256 e. The zero-order chi connectivity index (χ0) is 31.0. The Morgan fingerprint density at radius 3 is 1.85 bits per heavy atom. The Morgan fingerprint density at radius 2 is 1.06 bits per heavy atom. The number of nitrogens with zero attached hydrogens (tertiary/aromatic N) is 2. The topological polar surface area (TPSA) is 25.8 Å². The molecule has 0 saturated carbocycles. The molecular formula is C45H28N2.